The van der Waals surface area contributed by atoms with Gasteiger partial charge in [-0.05, 0) is 6.07 Å². The summed E-state index contributed by atoms with van der Waals surface area (Å²) in [5, 5.41) is 27.1. The topological polar surface area (TPSA) is 104 Å². The van der Waals surface area contributed by atoms with Crippen LogP contribution in [0.1, 0.15) is 11.6 Å². The molecular weight excluding hydrogens is 198 g/mol. The maximum Gasteiger partial charge on any atom is 0.310 e. The van der Waals surface area contributed by atoms with Crippen LogP contribution in [0.4, 0.5) is 0 Å². The zero-order valence-corrected chi connectivity index (χ0v) is 8.00. The molecule has 5 nitrogen and oxygen atoms in total. The molecule has 0 bridgehead atoms. The van der Waals surface area contributed by atoms with Gasteiger partial charge < -0.3 is 21.1 Å². The van der Waals surface area contributed by atoms with Crippen molar-refractivity contribution in [3.63, 3.8) is 0 Å². The molecule has 0 aliphatic heterocycles. The third kappa shape index (κ3) is 2.45. The molecule has 0 heterocycles. The first-order valence-electron chi connectivity index (χ1n) is 4.45. The molecule has 0 amide bonds. The second kappa shape index (κ2) is 4.77. The summed E-state index contributed by atoms with van der Waals surface area (Å²) in [6, 6.07) is 5.29. The minimum absolute atomic E-state index is 0.0651. The number of rotatable bonds is 4. The number of carboxylic acids is 1. The highest BCUT2D eigenvalue weighted by molar-refractivity contribution is 5.71. The molecule has 15 heavy (non-hydrogen) atoms. The van der Waals surface area contributed by atoms with E-state index in [0.717, 1.165) is 0 Å². The summed E-state index contributed by atoms with van der Waals surface area (Å²) in [5.74, 6) is -2.36. The maximum atomic E-state index is 10.7. The Hall–Kier alpha value is -1.59. The number of aliphatic carboxylic acids is 1. The van der Waals surface area contributed by atoms with Gasteiger partial charge in [-0.15, -0.1) is 0 Å². The highest BCUT2D eigenvalue weighted by atomic mass is 16.4. The second-order valence-corrected chi connectivity index (χ2v) is 3.21. The van der Waals surface area contributed by atoms with Crippen molar-refractivity contribution in [2.24, 2.45) is 11.7 Å². The van der Waals surface area contributed by atoms with Crippen molar-refractivity contribution in [1.82, 2.24) is 0 Å². The van der Waals surface area contributed by atoms with Crippen molar-refractivity contribution in [3.8, 4) is 5.75 Å². The van der Waals surface area contributed by atoms with Crippen LogP contribution in [0.15, 0.2) is 24.3 Å². The Kier molecular flexibility index (Phi) is 3.65. The summed E-state index contributed by atoms with van der Waals surface area (Å²) in [5.41, 5.74) is 5.97. The van der Waals surface area contributed by atoms with Gasteiger partial charge in [-0.1, -0.05) is 18.2 Å². The SMILES string of the molecule is NC(c1ccccc1O)C(CO)C(=O)O. The van der Waals surface area contributed by atoms with Gasteiger partial charge in [0.1, 0.15) is 5.75 Å². The molecule has 1 aromatic carbocycles. The Morgan fingerprint density at radius 3 is 2.47 bits per heavy atom. The number of aromatic hydroxyl groups is 1. The molecule has 5 N–H and O–H groups in total. The molecule has 2 atom stereocenters. The third-order valence-corrected chi connectivity index (χ3v) is 2.24. The number of nitrogens with two attached hydrogens (primary N) is 1. The molecule has 1 rings (SSSR count). The van der Waals surface area contributed by atoms with Crippen LogP contribution in [-0.4, -0.2) is 27.9 Å². The standard InChI is InChI=1S/C10H13NO4/c11-9(7(5-12)10(14)15)6-3-1-2-4-8(6)13/h1-4,7,9,12-13H,5,11H2,(H,14,15). The van der Waals surface area contributed by atoms with Gasteiger partial charge in [-0.3, -0.25) is 4.79 Å². The summed E-state index contributed by atoms with van der Waals surface area (Å²) in [6.07, 6.45) is 0. The molecular formula is C10H13NO4. The summed E-state index contributed by atoms with van der Waals surface area (Å²) in [6.45, 7) is -0.565. The number of aliphatic hydroxyl groups excluding tert-OH is 1. The van der Waals surface area contributed by atoms with E-state index in [1.54, 1.807) is 12.1 Å². The molecule has 0 radical (unpaired) electrons. The van der Waals surface area contributed by atoms with Crippen LogP contribution in [0, 0.1) is 5.92 Å². The Balaban J connectivity index is 2.97. The van der Waals surface area contributed by atoms with Crippen LogP contribution in [0.2, 0.25) is 0 Å². The molecule has 2 unspecified atom stereocenters. The van der Waals surface area contributed by atoms with E-state index in [1.165, 1.54) is 12.1 Å². The maximum absolute atomic E-state index is 10.7. The van der Waals surface area contributed by atoms with E-state index in [1.807, 2.05) is 0 Å². The van der Waals surface area contributed by atoms with E-state index < -0.39 is 24.5 Å². The summed E-state index contributed by atoms with van der Waals surface area (Å²) < 4.78 is 0. The molecule has 0 aliphatic rings. The molecule has 0 aromatic heterocycles. The third-order valence-electron chi connectivity index (χ3n) is 2.24. The molecule has 82 valence electrons. The molecule has 0 fully saturated rings. The Morgan fingerprint density at radius 1 is 1.40 bits per heavy atom. The van der Waals surface area contributed by atoms with Crippen LogP contribution >= 0.6 is 0 Å². The smallest absolute Gasteiger partial charge is 0.310 e. The highest BCUT2D eigenvalue weighted by Gasteiger charge is 2.27. The lowest BCUT2D eigenvalue weighted by molar-refractivity contribution is -0.143. The van der Waals surface area contributed by atoms with Crippen LogP contribution in [0.3, 0.4) is 0 Å². The van der Waals surface area contributed by atoms with Crippen LogP contribution in [-0.2, 0) is 4.79 Å². The van der Waals surface area contributed by atoms with Crippen molar-refractivity contribution < 1.29 is 20.1 Å². The van der Waals surface area contributed by atoms with Gasteiger partial charge in [0, 0.05) is 11.6 Å². The minimum atomic E-state index is -1.19. The van der Waals surface area contributed by atoms with Crippen LogP contribution < -0.4 is 5.73 Å². The zero-order valence-electron chi connectivity index (χ0n) is 8.00. The average Bonchev–Trinajstić information content (AvgIpc) is 2.18. The van der Waals surface area contributed by atoms with Gasteiger partial charge in [0.05, 0.1) is 12.5 Å². The van der Waals surface area contributed by atoms with Gasteiger partial charge in [-0.2, -0.15) is 0 Å². The average molecular weight is 211 g/mol. The van der Waals surface area contributed by atoms with Crippen molar-refractivity contribution in [1.29, 1.82) is 0 Å². The number of carbonyl (C=O) groups is 1. The van der Waals surface area contributed by atoms with E-state index in [9.17, 15) is 9.90 Å². The Morgan fingerprint density at radius 2 is 2.00 bits per heavy atom. The molecule has 0 saturated carbocycles. The first-order valence-corrected chi connectivity index (χ1v) is 4.45. The summed E-state index contributed by atoms with van der Waals surface area (Å²) in [4.78, 5) is 10.7. The molecule has 5 heteroatoms. The van der Waals surface area contributed by atoms with E-state index >= 15 is 0 Å². The first-order chi connectivity index (χ1) is 7.07. The lowest BCUT2D eigenvalue weighted by Crippen LogP contribution is -2.31. The lowest BCUT2D eigenvalue weighted by atomic mass is 9.94. The largest absolute Gasteiger partial charge is 0.508 e. The predicted molar refractivity (Wildman–Crippen MR) is 53.2 cm³/mol. The minimum Gasteiger partial charge on any atom is -0.508 e. The predicted octanol–water partition coefficient (Wildman–Crippen LogP) is 0.0851. The fraction of sp³-hybridized carbons (Fsp3) is 0.300. The van der Waals surface area contributed by atoms with Crippen molar-refractivity contribution in [2.45, 2.75) is 6.04 Å². The van der Waals surface area contributed by atoms with Crippen molar-refractivity contribution in [3.05, 3.63) is 29.8 Å². The van der Waals surface area contributed by atoms with E-state index in [-0.39, 0.29) is 5.75 Å². The number of para-hydroxylation sites is 1. The van der Waals surface area contributed by atoms with Crippen molar-refractivity contribution >= 4 is 5.97 Å². The number of hydrogen-bond donors (Lipinski definition) is 4. The molecule has 0 saturated heterocycles. The van der Waals surface area contributed by atoms with Gasteiger partial charge in [0.2, 0.25) is 0 Å². The van der Waals surface area contributed by atoms with E-state index in [0.29, 0.717) is 5.56 Å². The number of aliphatic hydroxyl groups is 1. The zero-order chi connectivity index (χ0) is 11.4. The first kappa shape index (κ1) is 11.5. The summed E-state index contributed by atoms with van der Waals surface area (Å²) in [7, 11) is 0. The van der Waals surface area contributed by atoms with Crippen molar-refractivity contribution in [2.75, 3.05) is 6.61 Å². The Labute approximate surface area is 86.8 Å². The normalized spacial score (nSPS) is 14.5. The summed E-state index contributed by atoms with van der Waals surface area (Å²) >= 11 is 0. The van der Waals surface area contributed by atoms with E-state index in [4.69, 9.17) is 15.9 Å². The highest BCUT2D eigenvalue weighted by Crippen LogP contribution is 2.27. The monoisotopic (exact) mass is 211 g/mol. The van der Waals surface area contributed by atoms with Crippen LogP contribution in [0.5, 0.6) is 5.75 Å². The van der Waals surface area contributed by atoms with Gasteiger partial charge in [0.15, 0.2) is 0 Å². The Bertz CT molecular complexity index is 353. The lowest BCUT2D eigenvalue weighted by Gasteiger charge is -2.19. The second-order valence-electron chi connectivity index (χ2n) is 3.21. The molecule has 0 spiro atoms. The quantitative estimate of drug-likeness (QED) is 0.565. The molecule has 1 aromatic rings. The van der Waals surface area contributed by atoms with Gasteiger partial charge in [0.25, 0.3) is 0 Å². The number of phenols is 1. The van der Waals surface area contributed by atoms with Gasteiger partial charge >= 0.3 is 5.97 Å². The van der Waals surface area contributed by atoms with Crippen LogP contribution in [0.25, 0.3) is 0 Å². The number of carboxylic acid groups (broad SMARTS) is 1. The fourth-order valence-corrected chi connectivity index (χ4v) is 1.33. The van der Waals surface area contributed by atoms with Gasteiger partial charge in [-0.25, -0.2) is 0 Å². The number of benzene rings is 1. The number of hydrogen-bond acceptors (Lipinski definition) is 4. The number of phenolic OH excluding ortho intramolecular Hbond substituents is 1. The molecule has 0 aliphatic carbocycles. The fourth-order valence-electron chi connectivity index (χ4n) is 1.33. The van der Waals surface area contributed by atoms with E-state index in [2.05, 4.69) is 0 Å².